The van der Waals surface area contributed by atoms with Crippen LogP contribution in [0.5, 0.6) is 0 Å². The molecule has 1 rings (SSSR count). The van der Waals surface area contributed by atoms with E-state index in [1.807, 2.05) is 0 Å². The van der Waals surface area contributed by atoms with E-state index in [2.05, 4.69) is 15.9 Å². The summed E-state index contributed by atoms with van der Waals surface area (Å²) >= 11 is 3.20. The van der Waals surface area contributed by atoms with Crippen molar-refractivity contribution >= 4 is 28.3 Å². The van der Waals surface area contributed by atoms with Crippen LogP contribution in [0.4, 0.5) is 8.78 Å². The molecule has 14 heavy (non-hydrogen) atoms. The highest BCUT2D eigenvalue weighted by Gasteiger charge is 2.13. The molecule has 0 aromatic heterocycles. The van der Waals surface area contributed by atoms with E-state index < -0.39 is 18.5 Å². The molecule has 1 aromatic rings. The van der Waals surface area contributed by atoms with E-state index in [0.717, 1.165) is 0 Å². The van der Waals surface area contributed by atoms with E-state index in [0.29, 0.717) is 10.0 Å². The molecule has 2 N–H and O–H groups in total. The first-order chi connectivity index (χ1) is 6.06. The van der Waals surface area contributed by atoms with Gasteiger partial charge < -0.3 is 5.73 Å². The van der Waals surface area contributed by atoms with Crippen LogP contribution < -0.4 is 5.73 Å². The number of nitrogens with two attached hydrogens (primary N) is 1. The van der Waals surface area contributed by atoms with Gasteiger partial charge in [-0.05, 0) is 24.6 Å². The topological polar surface area (TPSA) is 26.0 Å². The smallest absolute Gasteiger partial charge is 0.131 e. The summed E-state index contributed by atoms with van der Waals surface area (Å²) in [6.07, 6.45) is 0. The van der Waals surface area contributed by atoms with Crippen molar-refractivity contribution in [3.63, 3.8) is 0 Å². The van der Waals surface area contributed by atoms with Crippen molar-refractivity contribution in [1.29, 1.82) is 0 Å². The Hall–Kier alpha value is -0.190. The molecule has 0 aliphatic heterocycles. The third-order valence-corrected chi connectivity index (χ3v) is 2.27. The Morgan fingerprint density at radius 2 is 2.07 bits per heavy atom. The highest BCUT2D eigenvalue weighted by Crippen LogP contribution is 2.23. The lowest BCUT2D eigenvalue weighted by Crippen LogP contribution is -2.14. The average molecular weight is 287 g/mol. The van der Waals surface area contributed by atoms with Gasteiger partial charge >= 0.3 is 0 Å². The Labute approximate surface area is 96.2 Å². The molecule has 0 saturated heterocycles. The van der Waals surface area contributed by atoms with Crippen molar-refractivity contribution in [2.75, 3.05) is 6.67 Å². The normalized spacial score (nSPS) is 12.1. The lowest BCUT2D eigenvalue weighted by atomic mass is 10.1. The zero-order valence-corrected chi connectivity index (χ0v) is 9.96. The molecule has 1 atom stereocenters. The molecule has 0 bridgehead atoms. The number of alkyl halides is 1. The molecular weight excluding hydrogens is 275 g/mol. The van der Waals surface area contributed by atoms with Gasteiger partial charge in [0.1, 0.15) is 12.5 Å². The Kier molecular flexibility index (Phi) is 5.56. The van der Waals surface area contributed by atoms with Crippen molar-refractivity contribution in [1.82, 2.24) is 0 Å². The number of hydrogen-bond donors (Lipinski definition) is 1. The maximum absolute atomic E-state index is 13.4. The van der Waals surface area contributed by atoms with E-state index in [-0.39, 0.29) is 18.0 Å². The van der Waals surface area contributed by atoms with E-state index in [9.17, 15) is 8.78 Å². The van der Waals surface area contributed by atoms with Gasteiger partial charge in [0.2, 0.25) is 0 Å². The molecule has 0 unspecified atom stereocenters. The highest BCUT2D eigenvalue weighted by atomic mass is 79.9. The second-order valence-corrected chi connectivity index (χ2v) is 3.80. The summed E-state index contributed by atoms with van der Waals surface area (Å²) in [5, 5.41) is 0. The highest BCUT2D eigenvalue weighted by molar-refractivity contribution is 9.10. The van der Waals surface area contributed by atoms with Gasteiger partial charge in [-0.3, -0.25) is 0 Å². The summed E-state index contributed by atoms with van der Waals surface area (Å²) in [5.74, 6) is -0.423. The molecule has 80 valence electrons. The van der Waals surface area contributed by atoms with Gasteiger partial charge in [-0.1, -0.05) is 15.9 Å². The first kappa shape index (κ1) is 13.8. The molecule has 0 amide bonds. The van der Waals surface area contributed by atoms with Crippen molar-refractivity contribution in [2.45, 2.75) is 13.0 Å². The zero-order chi connectivity index (χ0) is 10.0. The van der Waals surface area contributed by atoms with Crippen molar-refractivity contribution in [3.8, 4) is 0 Å². The number of halogens is 4. The Balaban J connectivity index is 0.00000169. The van der Waals surface area contributed by atoms with E-state index in [1.165, 1.54) is 6.07 Å². The molecule has 0 saturated carbocycles. The number of hydrogen-bond acceptors (Lipinski definition) is 1. The minimum absolute atomic E-state index is 0. The maximum Gasteiger partial charge on any atom is 0.131 e. The fourth-order valence-electron chi connectivity index (χ4n) is 1.10. The minimum atomic E-state index is -0.879. The third-order valence-electron chi connectivity index (χ3n) is 1.81. The Bertz CT molecular complexity index is 320. The van der Waals surface area contributed by atoms with Crippen LogP contribution in [0.25, 0.3) is 0 Å². The van der Waals surface area contributed by atoms with Crippen LogP contribution in [0.3, 0.4) is 0 Å². The Morgan fingerprint density at radius 3 is 2.57 bits per heavy atom. The summed E-state index contributed by atoms with van der Waals surface area (Å²) in [6, 6.07) is 2.26. The van der Waals surface area contributed by atoms with Gasteiger partial charge in [-0.25, -0.2) is 8.78 Å². The number of aryl methyl sites for hydroxylation is 1. The minimum Gasteiger partial charge on any atom is -0.322 e. The molecule has 1 aromatic carbocycles. The van der Waals surface area contributed by atoms with E-state index in [4.69, 9.17) is 5.73 Å². The fraction of sp³-hybridized carbons (Fsp3) is 0.333. The number of rotatable bonds is 2. The van der Waals surface area contributed by atoms with Gasteiger partial charge in [-0.15, -0.1) is 12.4 Å². The third kappa shape index (κ3) is 2.90. The van der Waals surface area contributed by atoms with Gasteiger partial charge in [0, 0.05) is 10.0 Å². The lowest BCUT2D eigenvalue weighted by Gasteiger charge is -2.11. The summed E-state index contributed by atoms with van der Waals surface area (Å²) in [7, 11) is 0. The summed E-state index contributed by atoms with van der Waals surface area (Å²) in [6.45, 7) is 0.862. The van der Waals surface area contributed by atoms with Crippen LogP contribution in [0.1, 0.15) is 17.2 Å². The fourth-order valence-corrected chi connectivity index (χ4v) is 1.69. The predicted molar refractivity (Wildman–Crippen MR) is 59.0 cm³/mol. The molecule has 1 nitrogen and oxygen atoms in total. The van der Waals surface area contributed by atoms with Crippen LogP contribution in [0, 0.1) is 12.7 Å². The first-order valence-electron chi connectivity index (χ1n) is 3.83. The SMILES string of the molecule is Cc1cc(Br)cc([C@@H](N)CF)c1F.Cl. The van der Waals surface area contributed by atoms with Gasteiger partial charge in [0.05, 0.1) is 6.04 Å². The molecule has 0 fully saturated rings. The largest absolute Gasteiger partial charge is 0.322 e. The number of benzene rings is 1. The second kappa shape index (κ2) is 5.63. The van der Waals surface area contributed by atoms with Gasteiger partial charge in [0.25, 0.3) is 0 Å². The lowest BCUT2D eigenvalue weighted by molar-refractivity contribution is 0.426. The summed E-state index contributed by atoms with van der Waals surface area (Å²) < 4.78 is 26.3. The van der Waals surface area contributed by atoms with Gasteiger partial charge in [-0.2, -0.15) is 0 Å². The Morgan fingerprint density at radius 1 is 1.50 bits per heavy atom. The summed E-state index contributed by atoms with van der Waals surface area (Å²) in [5.41, 5.74) is 6.08. The van der Waals surface area contributed by atoms with Crippen LogP contribution >= 0.6 is 28.3 Å². The molecule has 0 aliphatic rings. The van der Waals surface area contributed by atoms with E-state index in [1.54, 1.807) is 13.0 Å². The van der Waals surface area contributed by atoms with Crippen LogP contribution in [0.2, 0.25) is 0 Å². The standard InChI is InChI=1S/C9H10BrF2N.ClH/c1-5-2-6(10)3-7(9(5)12)8(13)4-11;/h2-3,8H,4,13H2,1H3;1H/t8-;/m0./s1. The molecule has 0 radical (unpaired) electrons. The molecular formula is C9H11BrClF2N. The summed E-state index contributed by atoms with van der Waals surface area (Å²) in [4.78, 5) is 0. The molecule has 5 heteroatoms. The average Bonchev–Trinajstić information content (AvgIpc) is 2.10. The van der Waals surface area contributed by atoms with Crippen LogP contribution in [-0.4, -0.2) is 6.67 Å². The van der Waals surface area contributed by atoms with E-state index >= 15 is 0 Å². The van der Waals surface area contributed by atoms with Crippen LogP contribution in [-0.2, 0) is 0 Å². The quantitative estimate of drug-likeness (QED) is 0.887. The molecule has 0 aliphatic carbocycles. The second-order valence-electron chi connectivity index (χ2n) is 2.89. The monoisotopic (exact) mass is 285 g/mol. The van der Waals surface area contributed by atoms with Gasteiger partial charge in [0.15, 0.2) is 0 Å². The van der Waals surface area contributed by atoms with Crippen molar-refractivity contribution < 1.29 is 8.78 Å². The van der Waals surface area contributed by atoms with Crippen LogP contribution in [0.15, 0.2) is 16.6 Å². The predicted octanol–water partition coefficient (Wildman–Crippen LogP) is 3.29. The first-order valence-corrected chi connectivity index (χ1v) is 4.62. The maximum atomic E-state index is 13.4. The molecule has 0 heterocycles. The van der Waals surface area contributed by atoms with Crippen molar-refractivity contribution in [2.24, 2.45) is 5.73 Å². The molecule has 0 spiro atoms. The zero-order valence-electron chi connectivity index (χ0n) is 7.56. The van der Waals surface area contributed by atoms with Crippen molar-refractivity contribution in [3.05, 3.63) is 33.5 Å².